The molecule has 1 aromatic heterocycles. The van der Waals surface area contributed by atoms with Gasteiger partial charge in [-0.05, 0) is 59.9 Å². The van der Waals surface area contributed by atoms with E-state index >= 15 is 0 Å². The minimum absolute atomic E-state index is 0.102. The topological polar surface area (TPSA) is 43.9 Å². The quantitative estimate of drug-likeness (QED) is 0.572. The second-order valence-corrected chi connectivity index (χ2v) is 11.3. The number of nitrogens with zero attached hydrogens (tertiary/aromatic N) is 3. The van der Waals surface area contributed by atoms with Crippen molar-refractivity contribution in [1.29, 1.82) is 0 Å². The molecule has 7 heteroatoms. The minimum atomic E-state index is -0.249. The molecule has 0 spiro atoms. The van der Waals surface area contributed by atoms with Gasteiger partial charge < -0.3 is 9.80 Å². The lowest BCUT2D eigenvalue weighted by Gasteiger charge is -2.37. The molecule has 2 aliphatic heterocycles. The monoisotopic (exact) mass is 497 g/mol. The van der Waals surface area contributed by atoms with E-state index in [0.717, 1.165) is 43.8 Å². The highest BCUT2D eigenvalue weighted by Crippen LogP contribution is 2.38. The molecule has 5 nitrogen and oxygen atoms in total. The van der Waals surface area contributed by atoms with Crippen LogP contribution in [0.15, 0.2) is 35.7 Å². The Hall–Kier alpha value is -2.25. The largest absolute Gasteiger partial charge is 0.341 e. The summed E-state index contributed by atoms with van der Waals surface area (Å²) in [6, 6.07) is 8.78. The molecule has 2 amide bonds. The van der Waals surface area contributed by atoms with Crippen LogP contribution in [-0.4, -0.2) is 65.8 Å². The zero-order valence-electron chi connectivity index (χ0n) is 20.5. The predicted octanol–water partition coefficient (Wildman–Crippen LogP) is 4.87. The van der Waals surface area contributed by atoms with Crippen LogP contribution in [0.5, 0.6) is 0 Å². The van der Waals surface area contributed by atoms with Gasteiger partial charge in [-0.1, -0.05) is 37.8 Å². The third-order valence-electron chi connectivity index (χ3n) is 8.01. The Morgan fingerprint density at radius 2 is 1.71 bits per heavy atom. The molecule has 2 aromatic rings. The lowest BCUT2D eigenvalue weighted by Crippen LogP contribution is -2.45. The molecule has 5 rings (SSSR count). The molecule has 188 valence electrons. The molecule has 3 aliphatic rings. The number of halogens is 1. The molecule has 2 fully saturated rings. The van der Waals surface area contributed by atoms with E-state index in [0.29, 0.717) is 32.6 Å². The fourth-order valence-electron chi connectivity index (χ4n) is 6.08. The molecule has 0 radical (unpaired) electrons. The van der Waals surface area contributed by atoms with Gasteiger partial charge in [0.1, 0.15) is 5.82 Å². The van der Waals surface area contributed by atoms with Crippen LogP contribution in [0.3, 0.4) is 0 Å². The van der Waals surface area contributed by atoms with Crippen LogP contribution in [0.2, 0.25) is 0 Å². The second-order valence-electron chi connectivity index (χ2n) is 10.3. The standard InChI is InChI=1S/C28H36FN3O2S/c29-23-8-3-7-22(19-23)28-24-12-18-35-25(24)11-15-32(28)20-27(34)31-14-4-13-30(16-17-31)26(33)10-9-21-5-1-2-6-21/h3,7-8,12,18-19,21,28H,1-2,4-6,9-11,13-17,20H2/t28-/m0/s1. The van der Waals surface area contributed by atoms with Crippen LogP contribution >= 0.6 is 11.3 Å². The van der Waals surface area contributed by atoms with Gasteiger partial charge in [0.25, 0.3) is 0 Å². The second kappa shape index (κ2) is 11.2. The Morgan fingerprint density at radius 1 is 0.943 bits per heavy atom. The normalized spacial score (nSPS) is 21.7. The lowest BCUT2D eigenvalue weighted by molar-refractivity contribution is -0.134. The third kappa shape index (κ3) is 5.78. The minimum Gasteiger partial charge on any atom is -0.341 e. The van der Waals surface area contributed by atoms with E-state index in [1.54, 1.807) is 23.5 Å². The number of hydrogen-bond acceptors (Lipinski definition) is 4. The van der Waals surface area contributed by atoms with Crippen molar-refractivity contribution < 1.29 is 14.0 Å². The Morgan fingerprint density at radius 3 is 2.49 bits per heavy atom. The highest BCUT2D eigenvalue weighted by molar-refractivity contribution is 7.10. The lowest BCUT2D eigenvalue weighted by atomic mass is 9.93. The summed E-state index contributed by atoms with van der Waals surface area (Å²) < 4.78 is 14.1. The van der Waals surface area contributed by atoms with Crippen molar-refractivity contribution in [2.45, 2.75) is 57.4 Å². The number of hydrogen-bond donors (Lipinski definition) is 0. The fraction of sp³-hybridized carbons (Fsp3) is 0.571. The Balaban J connectivity index is 1.20. The third-order valence-corrected chi connectivity index (χ3v) is 9.01. The predicted molar refractivity (Wildman–Crippen MR) is 137 cm³/mol. The molecule has 1 aromatic carbocycles. The summed E-state index contributed by atoms with van der Waals surface area (Å²) in [4.78, 5) is 33.6. The van der Waals surface area contributed by atoms with Crippen LogP contribution in [0.25, 0.3) is 0 Å². The molecule has 1 atom stereocenters. The summed E-state index contributed by atoms with van der Waals surface area (Å²) in [5.74, 6) is 0.827. The van der Waals surface area contributed by atoms with Crippen LogP contribution < -0.4 is 0 Å². The number of carbonyl (C=O) groups is 2. The van der Waals surface area contributed by atoms with Gasteiger partial charge in [0.15, 0.2) is 0 Å². The van der Waals surface area contributed by atoms with Gasteiger partial charge in [-0.15, -0.1) is 11.3 Å². The van der Waals surface area contributed by atoms with Crippen molar-refractivity contribution in [1.82, 2.24) is 14.7 Å². The summed E-state index contributed by atoms with van der Waals surface area (Å²) in [6.07, 6.45) is 8.56. The number of rotatable bonds is 6. The maximum atomic E-state index is 14.1. The molecule has 35 heavy (non-hydrogen) atoms. The summed E-state index contributed by atoms with van der Waals surface area (Å²) >= 11 is 1.74. The van der Waals surface area contributed by atoms with Gasteiger partial charge in [-0.25, -0.2) is 4.39 Å². The van der Waals surface area contributed by atoms with Gasteiger partial charge in [-0.3, -0.25) is 14.5 Å². The molecule has 1 saturated carbocycles. The van der Waals surface area contributed by atoms with Crippen molar-refractivity contribution >= 4 is 23.2 Å². The van der Waals surface area contributed by atoms with E-state index in [2.05, 4.69) is 16.3 Å². The Bertz CT molecular complexity index is 1030. The molecule has 0 unspecified atom stereocenters. The smallest absolute Gasteiger partial charge is 0.236 e. The van der Waals surface area contributed by atoms with Crippen molar-refractivity contribution in [3.05, 3.63) is 57.5 Å². The van der Waals surface area contributed by atoms with Gasteiger partial charge in [0, 0.05) is 44.0 Å². The van der Waals surface area contributed by atoms with Gasteiger partial charge in [-0.2, -0.15) is 0 Å². The van der Waals surface area contributed by atoms with Crippen molar-refractivity contribution in [2.24, 2.45) is 5.92 Å². The molecule has 3 heterocycles. The van der Waals surface area contributed by atoms with Crippen LogP contribution in [-0.2, 0) is 16.0 Å². The first kappa shape index (κ1) is 24.4. The summed E-state index contributed by atoms with van der Waals surface area (Å²) in [7, 11) is 0. The highest BCUT2D eigenvalue weighted by atomic mass is 32.1. The van der Waals surface area contributed by atoms with E-state index in [1.807, 2.05) is 15.9 Å². The SMILES string of the molecule is O=C(CCC1CCCC1)N1CCCN(C(=O)CN2CCc3sccc3[C@@H]2c2cccc(F)c2)CC1. The first-order chi connectivity index (χ1) is 17.1. The van der Waals surface area contributed by atoms with Gasteiger partial charge in [0.05, 0.1) is 12.6 Å². The first-order valence-electron chi connectivity index (χ1n) is 13.2. The average Bonchev–Trinajstić information content (AvgIpc) is 3.49. The van der Waals surface area contributed by atoms with Crippen molar-refractivity contribution in [3.8, 4) is 0 Å². The summed E-state index contributed by atoms with van der Waals surface area (Å²) in [6.45, 7) is 3.73. The van der Waals surface area contributed by atoms with E-state index in [-0.39, 0.29) is 23.7 Å². The Kier molecular flexibility index (Phi) is 7.83. The van der Waals surface area contributed by atoms with E-state index in [4.69, 9.17) is 0 Å². The fourth-order valence-corrected chi connectivity index (χ4v) is 6.98. The van der Waals surface area contributed by atoms with Gasteiger partial charge >= 0.3 is 0 Å². The molecule has 0 bridgehead atoms. The van der Waals surface area contributed by atoms with E-state index in [1.165, 1.54) is 42.2 Å². The zero-order chi connectivity index (χ0) is 24.2. The van der Waals surface area contributed by atoms with Gasteiger partial charge in [0.2, 0.25) is 11.8 Å². The van der Waals surface area contributed by atoms with Crippen molar-refractivity contribution in [2.75, 3.05) is 39.3 Å². The van der Waals surface area contributed by atoms with E-state index in [9.17, 15) is 14.0 Å². The number of fused-ring (bicyclic) bond motifs is 1. The number of thiophene rings is 1. The highest BCUT2D eigenvalue weighted by Gasteiger charge is 2.32. The maximum absolute atomic E-state index is 14.1. The first-order valence-corrected chi connectivity index (χ1v) is 14.1. The number of benzene rings is 1. The average molecular weight is 498 g/mol. The summed E-state index contributed by atoms with van der Waals surface area (Å²) in [5, 5.41) is 2.09. The maximum Gasteiger partial charge on any atom is 0.236 e. The summed E-state index contributed by atoms with van der Waals surface area (Å²) in [5.41, 5.74) is 2.08. The number of amides is 2. The van der Waals surface area contributed by atoms with Crippen LogP contribution in [0.1, 0.15) is 67.0 Å². The molecule has 1 aliphatic carbocycles. The molecular formula is C28H36FN3O2S. The molecular weight excluding hydrogens is 461 g/mol. The van der Waals surface area contributed by atoms with Crippen LogP contribution in [0.4, 0.5) is 4.39 Å². The molecule has 1 saturated heterocycles. The van der Waals surface area contributed by atoms with Crippen LogP contribution in [0, 0.1) is 11.7 Å². The van der Waals surface area contributed by atoms with Crippen molar-refractivity contribution in [3.63, 3.8) is 0 Å². The zero-order valence-corrected chi connectivity index (χ0v) is 21.3. The Labute approximate surface area is 211 Å². The molecule has 0 N–H and O–H groups in total. The number of carbonyl (C=O) groups excluding carboxylic acids is 2. The van der Waals surface area contributed by atoms with E-state index < -0.39 is 0 Å².